The van der Waals surface area contributed by atoms with Gasteiger partial charge in [0.05, 0.1) is 12.1 Å². The van der Waals surface area contributed by atoms with Crippen molar-refractivity contribution in [1.29, 1.82) is 0 Å². The molecule has 0 aromatic carbocycles. The van der Waals surface area contributed by atoms with E-state index in [0.717, 1.165) is 25.7 Å². The summed E-state index contributed by atoms with van der Waals surface area (Å²) in [6.07, 6.45) is 3.89. The van der Waals surface area contributed by atoms with Crippen LogP contribution in [0.25, 0.3) is 0 Å². The number of amides is 1. The van der Waals surface area contributed by atoms with Gasteiger partial charge < -0.3 is 15.4 Å². The lowest BCUT2D eigenvalue weighted by molar-refractivity contribution is -0.138. The van der Waals surface area contributed by atoms with Gasteiger partial charge in [0.2, 0.25) is 5.91 Å². The van der Waals surface area contributed by atoms with E-state index in [-0.39, 0.29) is 5.91 Å². The van der Waals surface area contributed by atoms with Gasteiger partial charge in [-0.05, 0) is 26.2 Å². The first kappa shape index (κ1) is 13.5. The molecule has 1 atom stereocenters. The summed E-state index contributed by atoms with van der Waals surface area (Å²) in [6.45, 7) is 5.14. The number of nitrogens with zero attached hydrogens (tertiary/aromatic N) is 1. The molecular weight excluding hydrogens is 204 g/mol. The normalized spacial score (nSPS) is 19.2. The maximum atomic E-state index is 12.3. The van der Waals surface area contributed by atoms with Crippen LogP contribution in [0.1, 0.15) is 39.5 Å². The zero-order valence-electron chi connectivity index (χ0n) is 10.7. The molecule has 0 aromatic heterocycles. The Labute approximate surface area is 98.1 Å². The summed E-state index contributed by atoms with van der Waals surface area (Å²) in [6, 6.07) is 0.405. The minimum absolute atomic E-state index is 0.0777. The van der Waals surface area contributed by atoms with Crippen molar-refractivity contribution in [2.45, 2.75) is 51.1 Å². The molecule has 16 heavy (non-hydrogen) atoms. The Morgan fingerprint density at radius 2 is 2.19 bits per heavy atom. The van der Waals surface area contributed by atoms with Crippen LogP contribution < -0.4 is 5.73 Å². The van der Waals surface area contributed by atoms with Gasteiger partial charge in [0.1, 0.15) is 0 Å². The number of carbonyl (C=O) groups is 1. The van der Waals surface area contributed by atoms with Gasteiger partial charge in [0.25, 0.3) is 0 Å². The van der Waals surface area contributed by atoms with Gasteiger partial charge in [-0.2, -0.15) is 0 Å². The molecule has 0 radical (unpaired) electrons. The fourth-order valence-electron chi connectivity index (χ4n) is 1.98. The van der Waals surface area contributed by atoms with Crippen molar-refractivity contribution >= 4 is 5.91 Å². The molecule has 4 heteroatoms. The predicted octanol–water partition coefficient (Wildman–Crippen LogP) is 1.14. The Balaban J connectivity index is 2.58. The maximum absolute atomic E-state index is 12.3. The zero-order valence-corrected chi connectivity index (χ0v) is 10.7. The standard InChI is InChI=1S/C12H24N2O2/c1-4-7-12(2,13)11(15)14(8-9-16-3)10-5-6-10/h10H,4-9,13H2,1-3H3. The highest BCUT2D eigenvalue weighted by Gasteiger charge is 2.39. The van der Waals surface area contributed by atoms with Crippen LogP contribution in [-0.4, -0.2) is 42.6 Å². The largest absolute Gasteiger partial charge is 0.383 e. The Morgan fingerprint density at radius 3 is 2.62 bits per heavy atom. The van der Waals surface area contributed by atoms with Crippen LogP contribution in [0.15, 0.2) is 0 Å². The molecule has 0 saturated heterocycles. The highest BCUT2D eigenvalue weighted by molar-refractivity contribution is 5.86. The van der Waals surface area contributed by atoms with E-state index < -0.39 is 5.54 Å². The zero-order chi connectivity index (χ0) is 12.2. The third kappa shape index (κ3) is 3.46. The van der Waals surface area contributed by atoms with Gasteiger partial charge in [0.15, 0.2) is 0 Å². The second kappa shape index (κ2) is 5.64. The fraction of sp³-hybridized carbons (Fsp3) is 0.917. The predicted molar refractivity (Wildman–Crippen MR) is 64.1 cm³/mol. The summed E-state index contributed by atoms with van der Waals surface area (Å²) in [5.74, 6) is 0.0777. The first-order valence-corrected chi connectivity index (χ1v) is 6.11. The molecule has 2 N–H and O–H groups in total. The van der Waals surface area contributed by atoms with Crippen molar-refractivity contribution in [3.05, 3.63) is 0 Å². The molecule has 1 saturated carbocycles. The molecular formula is C12H24N2O2. The number of rotatable bonds is 7. The van der Waals surface area contributed by atoms with Crippen LogP contribution >= 0.6 is 0 Å². The molecule has 1 aliphatic carbocycles. The van der Waals surface area contributed by atoms with Gasteiger partial charge in [-0.1, -0.05) is 13.3 Å². The molecule has 0 aromatic rings. The van der Waals surface area contributed by atoms with Crippen LogP contribution in [-0.2, 0) is 9.53 Å². The fourth-order valence-corrected chi connectivity index (χ4v) is 1.98. The van der Waals surface area contributed by atoms with Gasteiger partial charge in [-0.3, -0.25) is 4.79 Å². The first-order valence-electron chi connectivity index (χ1n) is 6.11. The van der Waals surface area contributed by atoms with Crippen molar-refractivity contribution < 1.29 is 9.53 Å². The van der Waals surface area contributed by atoms with Crippen LogP contribution in [0.3, 0.4) is 0 Å². The molecule has 1 fully saturated rings. The van der Waals surface area contributed by atoms with E-state index in [1.807, 2.05) is 11.8 Å². The summed E-state index contributed by atoms with van der Waals surface area (Å²) in [7, 11) is 1.66. The number of nitrogens with two attached hydrogens (primary N) is 1. The molecule has 1 amide bonds. The van der Waals surface area contributed by atoms with E-state index in [2.05, 4.69) is 6.92 Å². The third-order valence-electron chi connectivity index (χ3n) is 3.04. The lowest BCUT2D eigenvalue weighted by Crippen LogP contribution is -2.54. The second-order valence-electron chi connectivity index (χ2n) is 4.89. The number of hydrogen-bond donors (Lipinski definition) is 1. The Kier molecular flexibility index (Phi) is 4.74. The van der Waals surface area contributed by atoms with E-state index in [0.29, 0.717) is 19.2 Å². The third-order valence-corrected chi connectivity index (χ3v) is 3.04. The number of ether oxygens (including phenoxy) is 1. The topological polar surface area (TPSA) is 55.6 Å². The molecule has 94 valence electrons. The average molecular weight is 228 g/mol. The minimum Gasteiger partial charge on any atom is -0.383 e. The van der Waals surface area contributed by atoms with E-state index in [4.69, 9.17) is 10.5 Å². The Morgan fingerprint density at radius 1 is 1.56 bits per heavy atom. The van der Waals surface area contributed by atoms with Crippen LogP contribution in [0.4, 0.5) is 0 Å². The lowest BCUT2D eigenvalue weighted by atomic mass is 9.95. The minimum atomic E-state index is -0.717. The van der Waals surface area contributed by atoms with Crippen molar-refractivity contribution in [1.82, 2.24) is 4.90 Å². The molecule has 1 aliphatic rings. The highest BCUT2D eigenvalue weighted by Crippen LogP contribution is 2.29. The van der Waals surface area contributed by atoms with E-state index >= 15 is 0 Å². The van der Waals surface area contributed by atoms with Crippen molar-refractivity contribution in [3.63, 3.8) is 0 Å². The monoisotopic (exact) mass is 228 g/mol. The SMILES string of the molecule is CCCC(C)(N)C(=O)N(CCOC)C1CC1. The lowest BCUT2D eigenvalue weighted by Gasteiger charge is -2.31. The van der Waals surface area contributed by atoms with Gasteiger partial charge in [0, 0.05) is 19.7 Å². The highest BCUT2D eigenvalue weighted by atomic mass is 16.5. The van der Waals surface area contributed by atoms with Crippen molar-refractivity contribution in [3.8, 4) is 0 Å². The molecule has 0 spiro atoms. The van der Waals surface area contributed by atoms with Gasteiger partial charge in [-0.25, -0.2) is 0 Å². The summed E-state index contributed by atoms with van der Waals surface area (Å²) in [5, 5.41) is 0. The quantitative estimate of drug-likeness (QED) is 0.711. The van der Waals surface area contributed by atoms with Crippen LogP contribution in [0, 0.1) is 0 Å². The summed E-state index contributed by atoms with van der Waals surface area (Å²) in [5.41, 5.74) is 5.36. The summed E-state index contributed by atoms with van der Waals surface area (Å²) in [4.78, 5) is 14.2. The van der Waals surface area contributed by atoms with Crippen molar-refractivity contribution in [2.24, 2.45) is 5.73 Å². The Bertz CT molecular complexity index is 237. The van der Waals surface area contributed by atoms with E-state index in [1.165, 1.54) is 0 Å². The van der Waals surface area contributed by atoms with Gasteiger partial charge >= 0.3 is 0 Å². The molecule has 1 rings (SSSR count). The Hall–Kier alpha value is -0.610. The van der Waals surface area contributed by atoms with Crippen LogP contribution in [0.5, 0.6) is 0 Å². The van der Waals surface area contributed by atoms with E-state index in [9.17, 15) is 4.79 Å². The van der Waals surface area contributed by atoms with Gasteiger partial charge in [-0.15, -0.1) is 0 Å². The number of carbonyl (C=O) groups excluding carboxylic acids is 1. The summed E-state index contributed by atoms with van der Waals surface area (Å²) >= 11 is 0. The number of hydrogen-bond acceptors (Lipinski definition) is 3. The van der Waals surface area contributed by atoms with E-state index in [1.54, 1.807) is 7.11 Å². The molecule has 0 aliphatic heterocycles. The van der Waals surface area contributed by atoms with Crippen LogP contribution in [0.2, 0.25) is 0 Å². The molecule has 1 unspecified atom stereocenters. The molecule has 0 bridgehead atoms. The molecule has 0 heterocycles. The summed E-state index contributed by atoms with van der Waals surface area (Å²) < 4.78 is 5.04. The maximum Gasteiger partial charge on any atom is 0.242 e. The average Bonchev–Trinajstić information content (AvgIpc) is 3.02. The smallest absolute Gasteiger partial charge is 0.242 e. The first-order chi connectivity index (χ1) is 7.53. The number of methoxy groups -OCH3 is 1. The molecule has 4 nitrogen and oxygen atoms in total. The van der Waals surface area contributed by atoms with Crippen molar-refractivity contribution in [2.75, 3.05) is 20.3 Å². The second-order valence-corrected chi connectivity index (χ2v) is 4.89.